The first-order chi connectivity index (χ1) is 14.1. The second-order valence-electron chi connectivity index (χ2n) is 7.04. The average molecular weight is 452 g/mol. The molecule has 0 spiro atoms. The van der Waals surface area contributed by atoms with Crippen molar-refractivity contribution < 1.29 is 13.9 Å². The van der Waals surface area contributed by atoms with Crippen molar-refractivity contribution in [2.24, 2.45) is 0 Å². The molecule has 2 aliphatic rings. The van der Waals surface area contributed by atoms with Crippen molar-refractivity contribution in [3.8, 4) is 16.9 Å². The number of carbonyl (C=O) groups is 1. The van der Waals surface area contributed by atoms with Crippen molar-refractivity contribution in [1.29, 1.82) is 0 Å². The summed E-state index contributed by atoms with van der Waals surface area (Å²) in [6.45, 7) is 2.54. The number of benzene rings is 2. The molecular weight excluding hydrogens is 436 g/mol. The highest BCUT2D eigenvalue weighted by molar-refractivity contribution is 7.16. The Hall–Kier alpha value is -1.93. The molecule has 1 fully saturated rings. The standard InChI is InChI=1S/C20H16Cl2FN3O2S/c21-13-7-12-18(28-6-3-10-8-24-4-5-26(10)20(12)27)16(22)15(13)11-1-2-14(23)19-17(11)25-9-29-19/h1-2,7,9-10,24H,3-6,8H2/t10-/m0/s1. The first-order valence-electron chi connectivity index (χ1n) is 9.25. The smallest absolute Gasteiger partial charge is 0.258 e. The zero-order valence-electron chi connectivity index (χ0n) is 15.2. The molecule has 1 N–H and O–H groups in total. The Balaban J connectivity index is 1.69. The van der Waals surface area contributed by atoms with Gasteiger partial charge in [0.05, 0.1) is 37.9 Å². The highest BCUT2D eigenvalue weighted by atomic mass is 35.5. The SMILES string of the molecule is O=C1c2cc(Cl)c(-c3ccc(F)c4scnc34)c(Cl)c2OCC[C@H]2CNCCN12. The van der Waals surface area contributed by atoms with Crippen molar-refractivity contribution in [3.05, 3.63) is 45.1 Å². The lowest BCUT2D eigenvalue weighted by atomic mass is 9.99. The number of nitrogens with one attached hydrogen (secondary N) is 1. The number of carbonyl (C=O) groups excluding carboxylic acids is 1. The molecule has 0 unspecified atom stereocenters. The highest BCUT2D eigenvalue weighted by Crippen LogP contribution is 2.46. The maximum Gasteiger partial charge on any atom is 0.258 e. The molecule has 1 atom stereocenters. The van der Waals surface area contributed by atoms with Crippen LogP contribution in [0, 0.1) is 5.82 Å². The van der Waals surface area contributed by atoms with E-state index in [1.165, 1.54) is 17.4 Å². The van der Waals surface area contributed by atoms with Gasteiger partial charge in [-0.05, 0) is 18.2 Å². The number of rotatable bonds is 1. The molecule has 9 heteroatoms. The topological polar surface area (TPSA) is 54.5 Å². The second kappa shape index (κ2) is 7.40. The molecule has 5 nitrogen and oxygen atoms in total. The Morgan fingerprint density at radius 1 is 1.31 bits per heavy atom. The molecule has 5 rings (SSSR count). The van der Waals surface area contributed by atoms with Crippen molar-refractivity contribution in [2.45, 2.75) is 12.5 Å². The van der Waals surface area contributed by atoms with Gasteiger partial charge in [-0.25, -0.2) is 9.37 Å². The summed E-state index contributed by atoms with van der Waals surface area (Å²) in [7, 11) is 0. The van der Waals surface area contributed by atoms with Gasteiger partial charge in [0, 0.05) is 43.2 Å². The molecule has 2 aromatic carbocycles. The van der Waals surface area contributed by atoms with Crippen molar-refractivity contribution >= 4 is 50.7 Å². The van der Waals surface area contributed by atoms with E-state index in [2.05, 4.69) is 10.3 Å². The van der Waals surface area contributed by atoms with Crippen LogP contribution in [0.15, 0.2) is 23.7 Å². The molecule has 0 bridgehead atoms. The fourth-order valence-electron chi connectivity index (χ4n) is 4.01. The molecule has 0 radical (unpaired) electrons. The Morgan fingerprint density at radius 2 is 2.17 bits per heavy atom. The van der Waals surface area contributed by atoms with E-state index < -0.39 is 0 Å². The van der Waals surface area contributed by atoms with Gasteiger partial charge in [-0.1, -0.05) is 23.2 Å². The van der Waals surface area contributed by atoms with Crippen LogP contribution >= 0.6 is 34.5 Å². The van der Waals surface area contributed by atoms with Crippen LogP contribution in [0.25, 0.3) is 21.3 Å². The van der Waals surface area contributed by atoms with E-state index in [9.17, 15) is 9.18 Å². The minimum atomic E-state index is -0.346. The summed E-state index contributed by atoms with van der Waals surface area (Å²) in [4.78, 5) is 19.4. The summed E-state index contributed by atoms with van der Waals surface area (Å²) in [5, 5.41) is 3.86. The van der Waals surface area contributed by atoms with Crippen LogP contribution in [0.3, 0.4) is 0 Å². The fourth-order valence-corrected chi connectivity index (χ4v) is 5.44. The number of nitrogens with zero attached hydrogens (tertiary/aromatic N) is 2. The molecule has 1 saturated heterocycles. The van der Waals surface area contributed by atoms with Gasteiger partial charge < -0.3 is 15.0 Å². The van der Waals surface area contributed by atoms with Crippen molar-refractivity contribution in [1.82, 2.24) is 15.2 Å². The number of piperazine rings is 1. The van der Waals surface area contributed by atoms with Gasteiger partial charge in [0.1, 0.15) is 5.82 Å². The number of fused-ring (bicyclic) bond motifs is 3. The summed E-state index contributed by atoms with van der Waals surface area (Å²) in [6, 6.07) is 4.66. The van der Waals surface area contributed by atoms with E-state index in [0.29, 0.717) is 57.3 Å². The largest absolute Gasteiger partial charge is 0.491 e. The highest BCUT2D eigenvalue weighted by Gasteiger charge is 2.33. The minimum Gasteiger partial charge on any atom is -0.491 e. The van der Waals surface area contributed by atoms with Crippen LogP contribution in [0.2, 0.25) is 10.0 Å². The summed E-state index contributed by atoms with van der Waals surface area (Å²) < 4.78 is 20.5. The summed E-state index contributed by atoms with van der Waals surface area (Å²) in [5.41, 5.74) is 3.52. The Kier molecular flexibility index (Phi) is 4.86. The number of ether oxygens (including phenoxy) is 1. The Morgan fingerprint density at radius 3 is 3.03 bits per heavy atom. The van der Waals surface area contributed by atoms with E-state index >= 15 is 0 Å². The molecule has 2 aliphatic heterocycles. The third-order valence-electron chi connectivity index (χ3n) is 5.42. The zero-order valence-corrected chi connectivity index (χ0v) is 17.5. The van der Waals surface area contributed by atoms with Crippen molar-refractivity contribution in [2.75, 3.05) is 26.2 Å². The normalized spacial score (nSPS) is 19.3. The third kappa shape index (κ3) is 3.08. The summed E-state index contributed by atoms with van der Waals surface area (Å²) in [6.07, 6.45) is 0.708. The average Bonchev–Trinajstić information content (AvgIpc) is 3.21. The quantitative estimate of drug-likeness (QED) is 0.586. The molecule has 1 amide bonds. The maximum atomic E-state index is 14.1. The van der Waals surface area contributed by atoms with Gasteiger partial charge in [0.15, 0.2) is 5.75 Å². The van der Waals surface area contributed by atoms with E-state index in [1.54, 1.807) is 17.6 Å². The number of amides is 1. The predicted molar refractivity (Wildman–Crippen MR) is 113 cm³/mol. The molecule has 150 valence electrons. The molecule has 1 aromatic heterocycles. The number of halogens is 3. The van der Waals surface area contributed by atoms with Gasteiger partial charge in [-0.2, -0.15) is 0 Å². The lowest BCUT2D eigenvalue weighted by Crippen LogP contribution is -2.54. The third-order valence-corrected chi connectivity index (χ3v) is 6.91. The minimum absolute atomic E-state index is 0.0772. The van der Waals surface area contributed by atoms with Crippen LogP contribution < -0.4 is 10.1 Å². The van der Waals surface area contributed by atoms with Crippen LogP contribution in [-0.2, 0) is 0 Å². The Bertz CT molecular complexity index is 1140. The molecule has 0 saturated carbocycles. The molecule has 3 heterocycles. The van der Waals surface area contributed by atoms with E-state index in [1.807, 2.05) is 4.90 Å². The van der Waals surface area contributed by atoms with Gasteiger partial charge in [-0.15, -0.1) is 11.3 Å². The monoisotopic (exact) mass is 451 g/mol. The second-order valence-corrected chi connectivity index (χ2v) is 8.68. The number of aromatic nitrogens is 1. The molecule has 29 heavy (non-hydrogen) atoms. The molecule has 3 aromatic rings. The first kappa shape index (κ1) is 19.1. The first-order valence-corrected chi connectivity index (χ1v) is 10.9. The fraction of sp³-hybridized carbons (Fsp3) is 0.300. The Labute approximate surface area is 180 Å². The predicted octanol–water partition coefficient (Wildman–Crippen LogP) is 4.61. The van der Waals surface area contributed by atoms with Gasteiger partial charge in [0.25, 0.3) is 5.91 Å². The zero-order chi connectivity index (χ0) is 20.1. The number of hydrogen-bond donors (Lipinski definition) is 1. The van der Waals surface area contributed by atoms with Crippen LogP contribution in [0.4, 0.5) is 4.39 Å². The van der Waals surface area contributed by atoms with Crippen LogP contribution in [-0.4, -0.2) is 48.1 Å². The molecular formula is C20H16Cl2FN3O2S. The summed E-state index contributed by atoms with van der Waals surface area (Å²) >= 11 is 14.5. The van der Waals surface area contributed by atoms with E-state index in [-0.39, 0.29) is 22.8 Å². The molecule has 0 aliphatic carbocycles. The lowest BCUT2D eigenvalue weighted by molar-refractivity contribution is 0.0576. The maximum absolute atomic E-state index is 14.1. The van der Waals surface area contributed by atoms with Gasteiger partial charge >= 0.3 is 0 Å². The number of thiazole rings is 1. The lowest BCUT2D eigenvalue weighted by Gasteiger charge is -2.38. The number of hydrogen-bond acceptors (Lipinski definition) is 5. The van der Waals surface area contributed by atoms with Crippen molar-refractivity contribution in [3.63, 3.8) is 0 Å². The van der Waals surface area contributed by atoms with Crippen LogP contribution in [0.1, 0.15) is 16.8 Å². The summed E-state index contributed by atoms with van der Waals surface area (Å²) in [5.74, 6) is -0.166. The van der Waals surface area contributed by atoms with Gasteiger partial charge in [-0.3, -0.25) is 4.79 Å². The van der Waals surface area contributed by atoms with Gasteiger partial charge in [0.2, 0.25) is 0 Å². The van der Waals surface area contributed by atoms with E-state index in [4.69, 9.17) is 27.9 Å². The van der Waals surface area contributed by atoms with Crippen LogP contribution in [0.5, 0.6) is 5.75 Å². The van der Waals surface area contributed by atoms with E-state index in [0.717, 1.165) is 13.1 Å².